The van der Waals surface area contributed by atoms with Crippen LogP contribution in [0.5, 0.6) is 5.75 Å². The van der Waals surface area contributed by atoms with Crippen LogP contribution in [0.4, 0.5) is 0 Å². The molecule has 0 spiro atoms. The fourth-order valence-corrected chi connectivity index (χ4v) is 1.87. The van der Waals surface area contributed by atoms with Crippen LogP contribution in [-0.2, 0) is 0 Å². The number of aromatic amines is 1. The molecule has 0 atom stereocenters. The Morgan fingerprint density at radius 2 is 2.00 bits per heavy atom. The second-order valence-corrected chi connectivity index (χ2v) is 4.34. The van der Waals surface area contributed by atoms with E-state index in [1.54, 1.807) is 24.3 Å². The number of ether oxygens (including phenoxy) is 1. The van der Waals surface area contributed by atoms with Gasteiger partial charge in [0.2, 0.25) is 5.78 Å². The molecule has 2 aromatic rings. The number of benzene rings is 1. The van der Waals surface area contributed by atoms with Gasteiger partial charge in [-0.3, -0.25) is 4.79 Å². The van der Waals surface area contributed by atoms with Crippen molar-refractivity contribution in [2.45, 2.75) is 13.8 Å². The molecule has 0 saturated carbocycles. The maximum absolute atomic E-state index is 12.0. The van der Waals surface area contributed by atoms with Gasteiger partial charge in [-0.1, -0.05) is 0 Å². The lowest BCUT2D eigenvalue weighted by Gasteiger charge is -2.05. The van der Waals surface area contributed by atoms with Crippen molar-refractivity contribution in [3.05, 3.63) is 52.8 Å². The molecule has 19 heavy (non-hydrogen) atoms. The Bertz CT molecular complexity index is 633. The number of hydrogen-bond donors (Lipinski definition) is 1. The maximum atomic E-state index is 12.0. The van der Waals surface area contributed by atoms with Crippen molar-refractivity contribution in [3.8, 4) is 11.8 Å². The number of H-pyrrole nitrogens is 1. The van der Waals surface area contributed by atoms with E-state index >= 15 is 0 Å². The Labute approximate surface area is 111 Å². The Morgan fingerprint density at radius 1 is 1.32 bits per heavy atom. The van der Waals surface area contributed by atoms with E-state index in [1.165, 1.54) is 0 Å². The molecule has 0 unspecified atom stereocenters. The predicted octanol–water partition coefficient (Wildman–Crippen LogP) is 2.76. The molecule has 1 aromatic carbocycles. The number of carbonyl (C=O) groups is 1. The molecule has 0 aliphatic rings. The van der Waals surface area contributed by atoms with Crippen LogP contribution in [0.3, 0.4) is 0 Å². The van der Waals surface area contributed by atoms with Gasteiger partial charge in [-0.25, -0.2) is 0 Å². The van der Waals surface area contributed by atoms with E-state index in [0.29, 0.717) is 16.9 Å². The van der Waals surface area contributed by atoms with Crippen molar-refractivity contribution in [3.63, 3.8) is 0 Å². The van der Waals surface area contributed by atoms with E-state index in [4.69, 9.17) is 10.00 Å². The average Bonchev–Trinajstić information content (AvgIpc) is 2.75. The number of hydrogen-bond acceptors (Lipinski definition) is 3. The molecule has 1 heterocycles. The third kappa shape index (κ3) is 3.02. The number of rotatable bonds is 4. The molecule has 1 aromatic heterocycles. The van der Waals surface area contributed by atoms with Gasteiger partial charge in [0, 0.05) is 17.0 Å². The first-order valence-corrected chi connectivity index (χ1v) is 5.92. The smallest absolute Gasteiger partial charge is 0.201 e. The molecule has 4 nitrogen and oxygen atoms in total. The topological polar surface area (TPSA) is 65.9 Å². The van der Waals surface area contributed by atoms with Gasteiger partial charge >= 0.3 is 0 Å². The molecular formula is C15H14N2O2. The molecule has 0 fully saturated rings. The van der Waals surface area contributed by atoms with Gasteiger partial charge < -0.3 is 9.72 Å². The largest absolute Gasteiger partial charge is 0.485 e. The average molecular weight is 254 g/mol. The van der Waals surface area contributed by atoms with Crippen LogP contribution >= 0.6 is 0 Å². The summed E-state index contributed by atoms with van der Waals surface area (Å²) >= 11 is 0. The zero-order valence-corrected chi connectivity index (χ0v) is 10.9. The number of nitriles is 1. The van der Waals surface area contributed by atoms with Crippen molar-refractivity contribution in [2.24, 2.45) is 0 Å². The zero-order chi connectivity index (χ0) is 13.8. The lowest BCUT2D eigenvalue weighted by molar-refractivity contribution is 0.0921. The normalized spacial score (nSPS) is 9.95. The Balaban J connectivity index is 2.00. The number of aromatic nitrogens is 1. The fourth-order valence-electron chi connectivity index (χ4n) is 1.87. The van der Waals surface area contributed by atoms with E-state index in [-0.39, 0.29) is 12.4 Å². The number of ketones is 1. The van der Waals surface area contributed by atoms with Crippen LogP contribution < -0.4 is 4.74 Å². The van der Waals surface area contributed by atoms with E-state index in [9.17, 15) is 4.79 Å². The molecule has 0 aliphatic carbocycles. The monoisotopic (exact) mass is 254 g/mol. The highest BCUT2D eigenvalue weighted by Gasteiger charge is 2.12. The summed E-state index contributed by atoms with van der Waals surface area (Å²) < 4.78 is 5.41. The minimum absolute atomic E-state index is 0.00989. The Kier molecular flexibility index (Phi) is 3.67. The molecular weight excluding hydrogens is 240 g/mol. The second kappa shape index (κ2) is 5.40. The third-order valence-corrected chi connectivity index (χ3v) is 2.80. The summed E-state index contributed by atoms with van der Waals surface area (Å²) in [4.78, 5) is 15.1. The van der Waals surface area contributed by atoms with Crippen molar-refractivity contribution in [1.29, 1.82) is 5.26 Å². The summed E-state index contributed by atoms with van der Waals surface area (Å²) in [5, 5.41) is 8.68. The van der Waals surface area contributed by atoms with E-state index in [1.807, 2.05) is 26.0 Å². The first-order chi connectivity index (χ1) is 9.10. The number of Topliss-reactive ketones (excluding diaryl/α,β-unsaturated/α-hetero) is 1. The van der Waals surface area contributed by atoms with Gasteiger partial charge in [0.25, 0.3) is 0 Å². The van der Waals surface area contributed by atoms with Crippen molar-refractivity contribution in [1.82, 2.24) is 4.98 Å². The van der Waals surface area contributed by atoms with Crippen molar-refractivity contribution in [2.75, 3.05) is 6.61 Å². The molecule has 96 valence electrons. The quantitative estimate of drug-likeness (QED) is 0.853. The molecule has 4 heteroatoms. The van der Waals surface area contributed by atoms with Crippen LogP contribution in [0.25, 0.3) is 0 Å². The van der Waals surface area contributed by atoms with Gasteiger partial charge in [-0.15, -0.1) is 0 Å². The highest BCUT2D eigenvalue weighted by atomic mass is 16.5. The first kappa shape index (κ1) is 12.9. The summed E-state index contributed by atoms with van der Waals surface area (Å²) in [7, 11) is 0. The number of nitrogens with one attached hydrogen (secondary N) is 1. The predicted molar refractivity (Wildman–Crippen MR) is 71.2 cm³/mol. The van der Waals surface area contributed by atoms with Crippen LogP contribution in [0, 0.1) is 25.2 Å². The summed E-state index contributed by atoms with van der Waals surface area (Å²) in [5.74, 6) is 0.517. The lowest BCUT2D eigenvalue weighted by Crippen LogP contribution is -2.11. The maximum Gasteiger partial charge on any atom is 0.201 e. The highest BCUT2D eigenvalue weighted by Crippen LogP contribution is 2.14. The SMILES string of the molecule is Cc1cc(C(=O)COc2ccc(C#N)cc2)c(C)[nH]1. The van der Waals surface area contributed by atoms with Gasteiger partial charge in [-0.2, -0.15) is 5.26 Å². The third-order valence-electron chi connectivity index (χ3n) is 2.80. The molecule has 0 amide bonds. The summed E-state index contributed by atoms with van der Waals surface area (Å²) in [6.45, 7) is 3.76. The first-order valence-electron chi connectivity index (χ1n) is 5.92. The number of carbonyl (C=O) groups excluding carboxylic acids is 1. The zero-order valence-electron chi connectivity index (χ0n) is 10.9. The Morgan fingerprint density at radius 3 is 2.53 bits per heavy atom. The van der Waals surface area contributed by atoms with Crippen molar-refractivity contribution < 1.29 is 9.53 Å². The Hall–Kier alpha value is -2.54. The second-order valence-electron chi connectivity index (χ2n) is 4.34. The van der Waals surface area contributed by atoms with Gasteiger partial charge in [-0.05, 0) is 44.2 Å². The lowest BCUT2D eigenvalue weighted by atomic mass is 10.1. The highest BCUT2D eigenvalue weighted by molar-refractivity contribution is 5.98. The van der Waals surface area contributed by atoms with Gasteiger partial charge in [0.15, 0.2) is 6.61 Å². The summed E-state index contributed by atoms with van der Waals surface area (Å²) in [6.07, 6.45) is 0. The summed E-state index contributed by atoms with van der Waals surface area (Å²) in [6, 6.07) is 10.5. The number of aryl methyl sites for hydroxylation is 2. The minimum Gasteiger partial charge on any atom is -0.485 e. The standard InChI is InChI=1S/C15H14N2O2/c1-10-7-14(11(2)17-10)15(18)9-19-13-5-3-12(8-16)4-6-13/h3-7,17H,9H2,1-2H3. The van der Waals surface area contributed by atoms with Crippen molar-refractivity contribution >= 4 is 5.78 Å². The van der Waals surface area contributed by atoms with E-state index in [0.717, 1.165) is 11.4 Å². The van der Waals surface area contributed by atoms with E-state index < -0.39 is 0 Å². The summed E-state index contributed by atoms with van der Waals surface area (Å²) in [5.41, 5.74) is 3.03. The van der Waals surface area contributed by atoms with Gasteiger partial charge in [0.1, 0.15) is 5.75 Å². The van der Waals surface area contributed by atoms with Crippen LogP contribution in [-0.4, -0.2) is 17.4 Å². The van der Waals surface area contributed by atoms with Crippen LogP contribution in [0.2, 0.25) is 0 Å². The molecule has 2 rings (SSSR count). The molecule has 0 aliphatic heterocycles. The minimum atomic E-state index is -0.0637. The fraction of sp³-hybridized carbons (Fsp3) is 0.200. The van der Waals surface area contributed by atoms with Gasteiger partial charge in [0.05, 0.1) is 11.6 Å². The van der Waals surface area contributed by atoms with E-state index in [2.05, 4.69) is 4.98 Å². The molecule has 0 saturated heterocycles. The molecule has 0 bridgehead atoms. The van der Waals surface area contributed by atoms with Crippen LogP contribution in [0.15, 0.2) is 30.3 Å². The number of nitrogens with zero attached hydrogens (tertiary/aromatic N) is 1. The molecule has 0 radical (unpaired) electrons. The van der Waals surface area contributed by atoms with Crippen LogP contribution in [0.1, 0.15) is 27.3 Å². The molecule has 1 N–H and O–H groups in total.